The molecule has 6 heteroatoms. The summed E-state index contributed by atoms with van der Waals surface area (Å²) in [6, 6.07) is 16.8. The Morgan fingerprint density at radius 3 is 2.73 bits per heavy atom. The fraction of sp³-hybridized carbons (Fsp3) is 0.0500. The molecule has 2 aromatic carbocycles. The number of carbonyl (C=O) groups excluding carboxylic acids is 1. The number of nitrogens with zero attached hydrogens (tertiary/aromatic N) is 2. The highest BCUT2D eigenvalue weighted by atomic mass is 35.5. The molecule has 26 heavy (non-hydrogen) atoms. The van der Waals surface area contributed by atoms with Crippen LogP contribution in [0.3, 0.4) is 0 Å². The van der Waals surface area contributed by atoms with Gasteiger partial charge in [-0.1, -0.05) is 23.7 Å². The highest BCUT2D eigenvalue weighted by Gasteiger charge is 2.10. The molecule has 4 aromatic rings. The Balaban J connectivity index is 1.58. The molecule has 2 aromatic heterocycles. The van der Waals surface area contributed by atoms with Gasteiger partial charge in [0.15, 0.2) is 0 Å². The molecule has 0 saturated carbocycles. The van der Waals surface area contributed by atoms with Crippen LogP contribution in [0.25, 0.3) is 22.2 Å². The maximum absolute atomic E-state index is 12.3. The Kier molecular flexibility index (Phi) is 4.37. The van der Waals surface area contributed by atoms with Crippen molar-refractivity contribution in [2.45, 2.75) is 6.42 Å². The minimum absolute atomic E-state index is 0.0967. The molecule has 0 spiro atoms. The second kappa shape index (κ2) is 6.98. The Bertz CT molecular complexity index is 1080. The minimum atomic E-state index is -0.0967. The van der Waals surface area contributed by atoms with Crippen LogP contribution >= 0.6 is 11.6 Å². The fourth-order valence-electron chi connectivity index (χ4n) is 2.86. The van der Waals surface area contributed by atoms with Gasteiger partial charge >= 0.3 is 0 Å². The number of fused-ring (bicyclic) bond motifs is 1. The average molecular weight is 363 g/mol. The summed E-state index contributed by atoms with van der Waals surface area (Å²) < 4.78 is 0. The molecule has 0 fully saturated rings. The molecule has 0 aliphatic rings. The van der Waals surface area contributed by atoms with Gasteiger partial charge in [0.25, 0.3) is 0 Å². The van der Waals surface area contributed by atoms with Crippen LogP contribution in [0.2, 0.25) is 5.02 Å². The third-order valence-electron chi connectivity index (χ3n) is 4.05. The van der Waals surface area contributed by atoms with Crippen molar-refractivity contribution < 1.29 is 4.79 Å². The highest BCUT2D eigenvalue weighted by Crippen LogP contribution is 2.28. The lowest BCUT2D eigenvalue weighted by atomic mass is 10.1. The first-order valence-electron chi connectivity index (χ1n) is 8.12. The van der Waals surface area contributed by atoms with Crippen molar-refractivity contribution in [2.24, 2.45) is 0 Å². The van der Waals surface area contributed by atoms with Gasteiger partial charge in [0.1, 0.15) is 5.69 Å². The highest BCUT2D eigenvalue weighted by molar-refractivity contribution is 6.30. The first-order chi connectivity index (χ1) is 12.7. The van der Waals surface area contributed by atoms with Crippen LogP contribution in [-0.4, -0.2) is 21.1 Å². The molecule has 128 valence electrons. The van der Waals surface area contributed by atoms with Crippen molar-refractivity contribution in [2.75, 3.05) is 5.32 Å². The number of aromatic nitrogens is 3. The topological polar surface area (TPSA) is 70.7 Å². The molecule has 0 unspecified atom stereocenters. The first-order valence-corrected chi connectivity index (χ1v) is 8.50. The van der Waals surface area contributed by atoms with Gasteiger partial charge in [-0.2, -0.15) is 5.10 Å². The van der Waals surface area contributed by atoms with Crippen LogP contribution in [-0.2, 0) is 11.2 Å². The van der Waals surface area contributed by atoms with E-state index in [0.29, 0.717) is 5.02 Å². The third-order valence-corrected chi connectivity index (χ3v) is 4.29. The molecule has 2 heterocycles. The number of pyridine rings is 1. The summed E-state index contributed by atoms with van der Waals surface area (Å²) in [7, 11) is 0. The third kappa shape index (κ3) is 3.43. The summed E-state index contributed by atoms with van der Waals surface area (Å²) in [5.74, 6) is -0.0967. The molecule has 5 nitrogen and oxygen atoms in total. The van der Waals surface area contributed by atoms with E-state index >= 15 is 0 Å². The van der Waals surface area contributed by atoms with Crippen LogP contribution in [0.4, 0.5) is 5.69 Å². The molecule has 0 atom stereocenters. The van der Waals surface area contributed by atoms with Gasteiger partial charge in [-0.15, -0.1) is 0 Å². The first kappa shape index (κ1) is 16.3. The predicted octanol–water partition coefficient (Wildman–Crippen LogP) is 4.46. The van der Waals surface area contributed by atoms with Crippen LogP contribution in [0.1, 0.15) is 5.56 Å². The lowest BCUT2D eigenvalue weighted by molar-refractivity contribution is -0.115. The SMILES string of the molecule is O=C(Cc1cccc(Cl)c1)Nc1ccc2[nH]nc(-c3ccncc3)c2c1. The second-order valence-electron chi connectivity index (χ2n) is 5.92. The quantitative estimate of drug-likeness (QED) is 0.563. The van der Waals surface area contributed by atoms with Gasteiger partial charge in [0.2, 0.25) is 5.91 Å². The van der Waals surface area contributed by atoms with E-state index in [2.05, 4.69) is 20.5 Å². The monoisotopic (exact) mass is 362 g/mol. The van der Waals surface area contributed by atoms with Gasteiger partial charge in [0, 0.05) is 34.1 Å². The number of anilines is 1. The van der Waals surface area contributed by atoms with Gasteiger partial charge in [0.05, 0.1) is 11.9 Å². The van der Waals surface area contributed by atoms with Crippen LogP contribution in [0.5, 0.6) is 0 Å². The average Bonchev–Trinajstić information content (AvgIpc) is 3.05. The fourth-order valence-corrected chi connectivity index (χ4v) is 3.07. The van der Waals surface area contributed by atoms with E-state index in [1.165, 1.54) is 0 Å². The van der Waals surface area contributed by atoms with E-state index in [0.717, 1.165) is 33.4 Å². The van der Waals surface area contributed by atoms with E-state index in [-0.39, 0.29) is 12.3 Å². The van der Waals surface area contributed by atoms with Crippen molar-refractivity contribution in [3.8, 4) is 11.3 Å². The summed E-state index contributed by atoms with van der Waals surface area (Å²) >= 11 is 5.97. The molecule has 4 rings (SSSR count). The van der Waals surface area contributed by atoms with E-state index < -0.39 is 0 Å². The summed E-state index contributed by atoms with van der Waals surface area (Å²) in [4.78, 5) is 16.4. The number of carbonyl (C=O) groups is 1. The molecular weight excluding hydrogens is 348 g/mol. The van der Waals surface area contributed by atoms with Crippen molar-refractivity contribution in [1.29, 1.82) is 0 Å². The maximum Gasteiger partial charge on any atom is 0.228 e. The largest absolute Gasteiger partial charge is 0.326 e. The lowest BCUT2D eigenvalue weighted by Crippen LogP contribution is -2.14. The number of aromatic amines is 1. The molecule has 0 saturated heterocycles. The molecule has 0 aliphatic heterocycles. The number of halogens is 1. The molecule has 0 radical (unpaired) electrons. The zero-order valence-corrected chi connectivity index (χ0v) is 14.5. The van der Waals surface area contributed by atoms with Gasteiger partial charge < -0.3 is 5.32 Å². The van der Waals surface area contributed by atoms with Crippen LogP contribution < -0.4 is 5.32 Å². The van der Waals surface area contributed by atoms with Crippen molar-refractivity contribution in [3.05, 3.63) is 77.6 Å². The van der Waals surface area contributed by atoms with Crippen molar-refractivity contribution >= 4 is 34.1 Å². The second-order valence-corrected chi connectivity index (χ2v) is 6.36. The summed E-state index contributed by atoms with van der Waals surface area (Å²) in [6.45, 7) is 0. The Morgan fingerprint density at radius 2 is 1.92 bits per heavy atom. The zero-order valence-electron chi connectivity index (χ0n) is 13.7. The summed E-state index contributed by atoms with van der Waals surface area (Å²) in [6.07, 6.45) is 3.72. The smallest absolute Gasteiger partial charge is 0.228 e. The van der Waals surface area contributed by atoms with E-state index in [1.54, 1.807) is 24.5 Å². The Hall–Kier alpha value is -3.18. The normalized spacial score (nSPS) is 10.8. The predicted molar refractivity (Wildman–Crippen MR) is 103 cm³/mol. The summed E-state index contributed by atoms with van der Waals surface area (Å²) in [5, 5.41) is 11.9. The number of H-pyrrole nitrogens is 1. The number of amides is 1. The molecule has 2 N–H and O–H groups in total. The maximum atomic E-state index is 12.3. The number of hydrogen-bond acceptors (Lipinski definition) is 3. The molecule has 0 aliphatic carbocycles. The van der Waals surface area contributed by atoms with E-state index in [1.807, 2.05) is 42.5 Å². The van der Waals surface area contributed by atoms with E-state index in [4.69, 9.17) is 11.6 Å². The van der Waals surface area contributed by atoms with E-state index in [9.17, 15) is 4.79 Å². The molecular formula is C20H15ClN4O. The lowest BCUT2D eigenvalue weighted by Gasteiger charge is -2.06. The number of benzene rings is 2. The molecule has 1 amide bonds. The summed E-state index contributed by atoms with van der Waals surface area (Å²) in [5.41, 5.74) is 4.30. The van der Waals surface area contributed by atoms with Crippen LogP contribution in [0, 0.1) is 0 Å². The molecule has 0 bridgehead atoms. The van der Waals surface area contributed by atoms with Crippen molar-refractivity contribution in [1.82, 2.24) is 15.2 Å². The van der Waals surface area contributed by atoms with Crippen molar-refractivity contribution in [3.63, 3.8) is 0 Å². The number of rotatable bonds is 4. The minimum Gasteiger partial charge on any atom is -0.326 e. The van der Waals surface area contributed by atoms with Crippen LogP contribution in [0.15, 0.2) is 67.0 Å². The van der Waals surface area contributed by atoms with Gasteiger partial charge in [-0.3, -0.25) is 14.9 Å². The Morgan fingerprint density at radius 1 is 1.08 bits per heavy atom. The van der Waals surface area contributed by atoms with Gasteiger partial charge in [-0.25, -0.2) is 0 Å². The number of hydrogen-bond donors (Lipinski definition) is 2. The van der Waals surface area contributed by atoms with Gasteiger partial charge in [-0.05, 0) is 48.0 Å². The Labute approximate surface area is 155 Å². The standard InChI is InChI=1S/C20H15ClN4O/c21-15-3-1-2-13(10-15)11-19(26)23-16-4-5-18-17(12-16)20(25-24-18)14-6-8-22-9-7-14/h1-10,12H,11H2,(H,23,26)(H,24,25). The zero-order chi connectivity index (χ0) is 17.9. The number of nitrogens with one attached hydrogen (secondary N) is 2.